The van der Waals surface area contributed by atoms with Crippen molar-refractivity contribution in [2.24, 2.45) is 0 Å². The highest BCUT2D eigenvalue weighted by Crippen LogP contribution is 2.34. The summed E-state index contributed by atoms with van der Waals surface area (Å²) in [4.78, 5) is 36.2. The summed E-state index contributed by atoms with van der Waals surface area (Å²) < 4.78 is 31.8. The molecule has 152 valence electrons. The number of amides is 2. The van der Waals surface area contributed by atoms with E-state index in [4.69, 9.17) is 4.74 Å². The Morgan fingerprint density at radius 3 is 2.72 bits per heavy atom. The number of fused-ring (bicyclic) bond motifs is 1. The van der Waals surface area contributed by atoms with E-state index in [9.17, 15) is 28.1 Å². The maximum absolute atomic E-state index is 12.6. The number of ether oxygens (including phenoxy) is 1. The van der Waals surface area contributed by atoms with Crippen LogP contribution in [0.5, 0.6) is 5.75 Å². The summed E-state index contributed by atoms with van der Waals surface area (Å²) in [5, 5.41) is 11.2. The number of sulfonamides is 1. The molecule has 2 aromatic carbocycles. The lowest BCUT2D eigenvalue weighted by Crippen LogP contribution is -2.44. The molecule has 2 aromatic rings. The number of benzene rings is 2. The van der Waals surface area contributed by atoms with E-state index in [-0.39, 0.29) is 17.4 Å². The van der Waals surface area contributed by atoms with Gasteiger partial charge in [-0.2, -0.15) is 0 Å². The van der Waals surface area contributed by atoms with Crippen molar-refractivity contribution < 1.29 is 27.7 Å². The number of nitro groups is 1. The van der Waals surface area contributed by atoms with Gasteiger partial charge in [0, 0.05) is 4.90 Å². The van der Waals surface area contributed by atoms with Gasteiger partial charge < -0.3 is 9.64 Å². The minimum Gasteiger partial charge on any atom is -0.497 e. The topological polar surface area (TPSA) is 136 Å². The number of rotatable bonds is 6. The second-order valence-electron chi connectivity index (χ2n) is 5.86. The van der Waals surface area contributed by atoms with E-state index >= 15 is 0 Å². The highest BCUT2D eigenvalue weighted by molar-refractivity contribution is 8.00. The van der Waals surface area contributed by atoms with E-state index in [0.717, 1.165) is 17.0 Å². The summed E-state index contributed by atoms with van der Waals surface area (Å²) in [7, 11) is -3.27. The number of methoxy groups -OCH3 is 1. The van der Waals surface area contributed by atoms with Crippen LogP contribution in [0.1, 0.15) is 0 Å². The molecule has 0 spiro atoms. The van der Waals surface area contributed by atoms with Gasteiger partial charge in [-0.3, -0.25) is 19.7 Å². The predicted molar refractivity (Wildman–Crippen MR) is 104 cm³/mol. The zero-order chi connectivity index (χ0) is 21.2. The predicted octanol–water partition coefficient (Wildman–Crippen LogP) is 1.55. The Morgan fingerprint density at radius 1 is 1.31 bits per heavy atom. The summed E-state index contributed by atoms with van der Waals surface area (Å²) >= 11 is 1.32. The SMILES string of the molecule is COc1ccc(S(=O)(=O)NC(=O)CN2C(=O)CSc3ccccc32)c([N+](=O)[O-])c1. The lowest BCUT2D eigenvalue weighted by atomic mass is 10.2. The Kier molecular flexibility index (Phi) is 5.75. The number of carbonyl (C=O) groups excluding carboxylic acids is 2. The first-order valence-electron chi connectivity index (χ1n) is 8.13. The number of hydrogen-bond donors (Lipinski definition) is 1. The van der Waals surface area contributed by atoms with Crippen molar-refractivity contribution in [1.82, 2.24) is 4.72 Å². The van der Waals surface area contributed by atoms with Gasteiger partial charge in [-0.15, -0.1) is 11.8 Å². The monoisotopic (exact) mass is 437 g/mol. The van der Waals surface area contributed by atoms with Gasteiger partial charge in [0.25, 0.3) is 21.6 Å². The van der Waals surface area contributed by atoms with Crippen LogP contribution in [-0.4, -0.2) is 44.6 Å². The van der Waals surface area contributed by atoms with Crippen LogP contribution in [0.2, 0.25) is 0 Å². The minimum atomic E-state index is -4.55. The van der Waals surface area contributed by atoms with Crippen molar-refractivity contribution in [3.63, 3.8) is 0 Å². The molecule has 0 aliphatic carbocycles. The van der Waals surface area contributed by atoms with Gasteiger partial charge in [0.15, 0.2) is 4.90 Å². The van der Waals surface area contributed by atoms with Crippen molar-refractivity contribution in [1.29, 1.82) is 0 Å². The molecule has 29 heavy (non-hydrogen) atoms. The number of thioether (sulfide) groups is 1. The maximum Gasteiger partial charge on any atom is 0.293 e. The van der Waals surface area contributed by atoms with Gasteiger partial charge in [-0.25, -0.2) is 13.1 Å². The van der Waals surface area contributed by atoms with Gasteiger partial charge >= 0.3 is 0 Å². The summed E-state index contributed by atoms with van der Waals surface area (Å²) in [5.74, 6) is -1.14. The van der Waals surface area contributed by atoms with Crippen LogP contribution in [0, 0.1) is 10.1 Å². The minimum absolute atomic E-state index is 0.0926. The summed E-state index contributed by atoms with van der Waals surface area (Å²) in [5.41, 5.74) is -0.239. The van der Waals surface area contributed by atoms with E-state index in [2.05, 4.69) is 0 Å². The molecule has 0 fully saturated rings. The Morgan fingerprint density at radius 2 is 2.03 bits per heavy atom. The molecule has 10 nitrogen and oxygen atoms in total. The van der Waals surface area contributed by atoms with Crippen molar-refractivity contribution in [2.45, 2.75) is 9.79 Å². The fraction of sp³-hybridized carbons (Fsp3) is 0.176. The van der Waals surface area contributed by atoms with Crippen LogP contribution < -0.4 is 14.4 Å². The zero-order valence-corrected chi connectivity index (χ0v) is 16.7. The Balaban J connectivity index is 1.84. The van der Waals surface area contributed by atoms with Crippen molar-refractivity contribution in [2.75, 3.05) is 24.3 Å². The quantitative estimate of drug-likeness (QED) is 0.531. The molecule has 1 aliphatic heterocycles. The Labute approximate surface area is 170 Å². The Hall–Kier alpha value is -3.12. The van der Waals surface area contributed by atoms with Gasteiger partial charge in [0.1, 0.15) is 12.3 Å². The van der Waals surface area contributed by atoms with E-state index in [0.29, 0.717) is 5.69 Å². The fourth-order valence-electron chi connectivity index (χ4n) is 2.70. The lowest BCUT2D eigenvalue weighted by Gasteiger charge is -2.28. The zero-order valence-electron chi connectivity index (χ0n) is 15.0. The number of carbonyl (C=O) groups is 2. The van der Waals surface area contributed by atoms with Gasteiger partial charge in [0.2, 0.25) is 5.91 Å². The fourth-order valence-corrected chi connectivity index (χ4v) is 4.77. The molecular formula is C17H15N3O7S2. The summed E-state index contributed by atoms with van der Waals surface area (Å²) in [6, 6.07) is 10.1. The van der Waals surface area contributed by atoms with Crippen LogP contribution >= 0.6 is 11.8 Å². The second kappa shape index (κ2) is 8.09. The third kappa shape index (κ3) is 4.32. The molecule has 12 heteroatoms. The molecule has 2 amide bonds. The molecule has 0 aromatic heterocycles. The van der Waals surface area contributed by atoms with Crippen molar-refractivity contribution >= 4 is 45.0 Å². The molecule has 0 unspecified atom stereocenters. The van der Waals surface area contributed by atoms with Crippen molar-refractivity contribution in [3.05, 3.63) is 52.6 Å². The molecule has 0 atom stereocenters. The number of hydrogen-bond acceptors (Lipinski definition) is 8. The molecule has 1 heterocycles. The highest BCUT2D eigenvalue weighted by Gasteiger charge is 2.31. The first-order valence-corrected chi connectivity index (χ1v) is 10.6. The maximum atomic E-state index is 12.6. The molecule has 1 N–H and O–H groups in total. The molecule has 1 aliphatic rings. The molecule has 0 bridgehead atoms. The normalized spacial score (nSPS) is 13.6. The lowest BCUT2D eigenvalue weighted by molar-refractivity contribution is -0.387. The summed E-state index contributed by atoms with van der Waals surface area (Å²) in [6.45, 7) is -0.542. The van der Waals surface area contributed by atoms with E-state index in [1.807, 2.05) is 0 Å². The van der Waals surface area contributed by atoms with Gasteiger partial charge in [0.05, 0.1) is 29.5 Å². The van der Waals surface area contributed by atoms with Gasteiger partial charge in [-0.05, 0) is 24.3 Å². The van der Waals surface area contributed by atoms with E-state index in [1.54, 1.807) is 29.0 Å². The largest absolute Gasteiger partial charge is 0.497 e. The Bertz CT molecular complexity index is 1100. The number of para-hydroxylation sites is 1. The average Bonchev–Trinajstić information content (AvgIpc) is 2.69. The van der Waals surface area contributed by atoms with Gasteiger partial charge in [-0.1, -0.05) is 12.1 Å². The smallest absolute Gasteiger partial charge is 0.293 e. The number of nitro benzene ring substituents is 1. The molecule has 3 rings (SSSR count). The van der Waals surface area contributed by atoms with E-state index in [1.165, 1.54) is 29.8 Å². The summed E-state index contributed by atoms with van der Waals surface area (Å²) in [6.07, 6.45) is 0. The van der Waals surface area contributed by atoms with Crippen molar-refractivity contribution in [3.8, 4) is 5.75 Å². The van der Waals surface area contributed by atoms with E-state index < -0.39 is 38.0 Å². The van der Waals surface area contributed by atoms with Crippen LogP contribution in [-0.2, 0) is 19.6 Å². The molecule has 0 radical (unpaired) electrons. The number of anilines is 1. The third-order valence-electron chi connectivity index (χ3n) is 4.01. The highest BCUT2D eigenvalue weighted by atomic mass is 32.2. The van der Waals surface area contributed by atoms with Crippen LogP contribution in [0.15, 0.2) is 52.3 Å². The first kappa shape index (κ1) is 20.6. The third-order valence-corrected chi connectivity index (χ3v) is 6.48. The molecule has 0 saturated heterocycles. The van der Waals surface area contributed by atoms with Crippen LogP contribution in [0.3, 0.4) is 0 Å². The van der Waals surface area contributed by atoms with Crippen LogP contribution in [0.25, 0.3) is 0 Å². The standard InChI is InChI=1S/C17H15N3O7S2/c1-27-11-6-7-15(13(8-11)20(23)24)29(25,26)18-16(21)9-19-12-4-2-3-5-14(12)28-10-17(19)22/h2-8H,9-10H2,1H3,(H,18,21). The average molecular weight is 437 g/mol. The molecule has 0 saturated carbocycles. The first-order chi connectivity index (χ1) is 13.7. The number of nitrogens with one attached hydrogen (secondary N) is 1. The molecular weight excluding hydrogens is 422 g/mol. The van der Waals surface area contributed by atoms with Crippen LogP contribution in [0.4, 0.5) is 11.4 Å². The number of nitrogens with zero attached hydrogens (tertiary/aromatic N) is 2. The second-order valence-corrected chi connectivity index (χ2v) is 8.52.